The number of aliphatic hydroxyl groups is 1. The fraction of sp³-hybridized carbons (Fsp3) is 0.611. The van der Waals surface area contributed by atoms with Gasteiger partial charge >= 0.3 is 5.97 Å². The van der Waals surface area contributed by atoms with Crippen LogP contribution >= 0.6 is 15.9 Å². The van der Waals surface area contributed by atoms with E-state index in [-0.39, 0.29) is 30.8 Å². The Labute approximate surface area is 286 Å². The van der Waals surface area contributed by atoms with Gasteiger partial charge in [0.2, 0.25) is 17.7 Å². The number of nitrogens with one attached hydrogen (secondary N) is 1. The molecule has 256 valence electrons. The van der Waals surface area contributed by atoms with Crippen LogP contribution in [0.4, 0.5) is 0 Å². The summed E-state index contributed by atoms with van der Waals surface area (Å²) in [5.41, 5.74) is -0.721. The highest BCUT2D eigenvalue weighted by Crippen LogP contribution is 2.59. The van der Waals surface area contributed by atoms with Crippen molar-refractivity contribution in [3.63, 3.8) is 0 Å². The zero-order valence-electron chi connectivity index (χ0n) is 27.8. The van der Waals surface area contributed by atoms with Gasteiger partial charge in [0.25, 0.3) is 0 Å². The number of halogens is 1. The predicted octanol–water partition coefficient (Wildman–Crippen LogP) is 4.42. The first-order chi connectivity index (χ1) is 22.5. The van der Waals surface area contributed by atoms with Gasteiger partial charge in [-0.15, -0.1) is 0 Å². The minimum atomic E-state index is -1.42. The van der Waals surface area contributed by atoms with Gasteiger partial charge < -0.3 is 29.7 Å². The number of hydrogen-bond donors (Lipinski definition) is 2. The summed E-state index contributed by atoms with van der Waals surface area (Å²) in [4.78, 5) is 60.1. The third kappa shape index (κ3) is 6.94. The van der Waals surface area contributed by atoms with Crippen molar-refractivity contribution in [2.24, 2.45) is 17.8 Å². The maximum Gasteiger partial charge on any atom is 0.313 e. The molecule has 10 nitrogen and oxygen atoms in total. The van der Waals surface area contributed by atoms with Crippen LogP contribution in [0.25, 0.3) is 0 Å². The molecule has 1 aromatic rings. The van der Waals surface area contributed by atoms with Crippen LogP contribution in [0.3, 0.4) is 0 Å². The van der Waals surface area contributed by atoms with Crippen molar-refractivity contribution >= 4 is 39.6 Å². The van der Waals surface area contributed by atoms with E-state index in [1.165, 1.54) is 4.90 Å². The lowest BCUT2D eigenvalue weighted by molar-refractivity contribution is -0.162. The van der Waals surface area contributed by atoms with E-state index in [1.54, 1.807) is 17.9 Å². The molecule has 47 heavy (non-hydrogen) atoms. The van der Waals surface area contributed by atoms with Crippen LogP contribution in [0.2, 0.25) is 0 Å². The highest BCUT2D eigenvalue weighted by atomic mass is 79.9. The standard InChI is InChI=1S/C36H48BrN3O7/c1-5-6-12-17-39-18-13-8-11-16-27(42)38-23(4)30(24-14-9-7-10-15-24)46-35(45)28-29-33(43)40(25(21-41)19-22(2)3)32(34(39)44)36(29)20-26(37)31(28)47-36/h7-10,13-15,20,22-23,25,28-32,41H,5-6,11-12,16-19,21H2,1-4H3,(H,38,42)/b13-8-/t23-,25-,28+,29-,30+,31+,32+,36-/m1/s1. The van der Waals surface area contributed by atoms with Gasteiger partial charge in [-0.2, -0.15) is 0 Å². The summed E-state index contributed by atoms with van der Waals surface area (Å²) < 4.78 is 13.5. The normalized spacial score (nSPS) is 32.7. The van der Waals surface area contributed by atoms with Crippen LogP contribution < -0.4 is 5.32 Å². The van der Waals surface area contributed by atoms with Crippen molar-refractivity contribution in [1.82, 2.24) is 15.1 Å². The number of allylic oxidation sites excluding steroid dienone is 1. The fourth-order valence-electron chi connectivity index (χ4n) is 7.68. The molecule has 8 atom stereocenters. The van der Waals surface area contributed by atoms with E-state index in [2.05, 4.69) is 28.2 Å². The minimum Gasteiger partial charge on any atom is -0.455 e. The number of unbranched alkanes of at least 4 members (excludes halogenated alkanes) is 2. The lowest BCUT2D eigenvalue weighted by Crippen LogP contribution is -2.58. The highest BCUT2D eigenvalue weighted by Gasteiger charge is 2.75. The predicted molar refractivity (Wildman–Crippen MR) is 180 cm³/mol. The molecule has 0 unspecified atom stereocenters. The van der Waals surface area contributed by atoms with Gasteiger partial charge in [-0.1, -0.05) is 92.0 Å². The van der Waals surface area contributed by atoms with Crippen LogP contribution in [0.15, 0.2) is 53.0 Å². The molecule has 4 aliphatic heterocycles. The Morgan fingerprint density at radius 1 is 1.06 bits per heavy atom. The number of fused-ring (bicyclic) bond motifs is 2. The van der Waals surface area contributed by atoms with Crippen molar-refractivity contribution in [1.29, 1.82) is 0 Å². The molecule has 1 spiro atoms. The molecule has 4 heterocycles. The number of rotatable bonds is 9. The third-order valence-corrected chi connectivity index (χ3v) is 10.5. The van der Waals surface area contributed by atoms with E-state index in [0.717, 1.165) is 19.3 Å². The molecule has 0 aliphatic carbocycles. The maximum absolute atomic E-state index is 14.8. The zero-order chi connectivity index (χ0) is 33.9. The van der Waals surface area contributed by atoms with Gasteiger partial charge in [0, 0.05) is 24.0 Å². The quantitative estimate of drug-likeness (QED) is 0.221. The molecule has 11 heteroatoms. The van der Waals surface area contributed by atoms with Gasteiger partial charge in [-0.05, 0) is 43.7 Å². The molecule has 2 N–H and O–H groups in total. The average Bonchev–Trinajstić information content (AvgIpc) is 3.64. The number of amides is 3. The first kappa shape index (κ1) is 35.3. The van der Waals surface area contributed by atoms with Gasteiger partial charge in [0.05, 0.1) is 24.6 Å². The lowest BCUT2D eigenvalue weighted by atomic mass is 9.74. The first-order valence-corrected chi connectivity index (χ1v) is 17.8. The summed E-state index contributed by atoms with van der Waals surface area (Å²) in [6, 6.07) is 6.92. The molecule has 2 saturated heterocycles. The van der Waals surface area contributed by atoms with Crippen LogP contribution in [0.5, 0.6) is 0 Å². The largest absolute Gasteiger partial charge is 0.455 e. The Hall–Kier alpha value is -3.02. The molecular formula is C36H48BrN3O7. The summed E-state index contributed by atoms with van der Waals surface area (Å²) >= 11 is 3.61. The average molecular weight is 715 g/mol. The minimum absolute atomic E-state index is 0.131. The molecule has 0 saturated carbocycles. The Bertz CT molecular complexity index is 1380. The number of aliphatic hydroxyl groups excluding tert-OH is 1. The first-order valence-electron chi connectivity index (χ1n) is 17.0. The van der Waals surface area contributed by atoms with E-state index < -0.39 is 59.6 Å². The highest BCUT2D eigenvalue weighted by molar-refractivity contribution is 9.11. The van der Waals surface area contributed by atoms with Gasteiger partial charge in [-0.25, -0.2) is 0 Å². The second-order valence-corrected chi connectivity index (χ2v) is 14.6. The molecular weight excluding hydrogens is 666 g/mol. The molecule has 2 fully saturated rings. The number of ether oxygens (including phenoxy) is 2. The molecule has 1 aromatic carbocycles. The number of benzene rings is 1. The van der Waals surface area contributed by atoms with Crippen molar-refractivity contribution in [3.8, 4) is 0 Å². The van der Waals surface area contributed by atoms with E-state index in [9.17, 15) is 24.3 Å². The maximum atomic E-state index is 14.8. The van der Waals surface area contributed by atoms with E-state index in [4.69, 9.17) is 9.47 Å². The van der Waals surface area contributed by atoms with Gasteiger partial charge in [0.15, 0.2) is 0 Å². The number of nitrogens with zero attached hydrogens (tertiary/aromatic N) is 2. The summed E-state index contributed by atoms with van der Waals surface area (Å²) in [7, 11) is 0. The number of likely N-dealkylation sites (tertiary alicyclic amines) is 1. The van der Waals surface area contributed by atoms with Crippen molar-refractivity contribution in [2.75, 3.05) is 19.7 Å². The monoisotopic (exact) mass is 713 g/mol. The smallest absolute Gasteiger partial charge is 0.313 e. The van der Waals surface area contributed by atoms with Crippen LogP contribution in [0, 0.1) is 17.8 Å². The summed E-state index contributed by atoms with van der Waals surface area (Å²) in [6.45, 7) is 8.34. The Kier molecular flexibility index (Phi) is 11.3. The van der Waals surface area contributed by atoms with E-state index in [0.29, 0.717) is 36.0 Å². The summed E-state index contributed by atoms with van der Waals surface area (Å²) in [6.07, 6.45) is 7.80. The van der Waals surface area contributed by atoms with Crippen molar-refractivity contribution < 1.29 is 33.8 Å². The lowest BCUT2D eigenvalue weighted by Gasteiger charge is -2.39. The van der Waals surface area contributed by atoms with Crippen LogP contribution in [-0.4, -0.2) is 88.1 Å². The van der Waals surface area contributed by atoms with Crippen molar-refractivity contribution in [2.45, 2.75) is 102 Å². The number of esters is 1. The Morgan fingerprint density at radius 3 is 2.49 bits per heavy atom. The fourth-order valence-corrected chi connectivity index (χ4v) is 8.41. The summed E-state index contributed by atoms with van der Waals surface area (Å²) in [5.74, 6) is -3.44. The number of cyclic esters (lactones) is 1. The summed E-state index contributed by atoms with van der Waals surface area (Å²) in [5, 5.41) is 13.6. The third-order valence-electron chi connectivity index (χ3n) is 9.81. The number of hydrogen-bond acceptors (Lipinski definition) is 7. The van der Waals surface area contributed by atoms with E-state index >= 15 is 0 Å². The zero-order valence-corrected chi connectivity index (χ0v) is 29.4. The van der Waals surface area contributed by atoms with Gasteiger partial charge in [0.1, 0.15) is 29.8 Å². The van der Waals surface area contributed by atoms with Crippen LogP contribution in [-0.2, 0) is 28.7 Å². The molecule has 3 amide bonds. The van der Waals surface area contributed by atoms with Crippen molar-refractivity contribution in [3.05, 3.63) is 58.6 Å². The molecule has 0 radical (unpaired) electrons. The molecule has 4 aliphatic rings. The Balaban J connectivity index is 1.62. The molecule has 0 aromatic heterocycles. The second kappa shape index (κ2) is 15.0. The second-order valence-electron chi connectivity index (χ2n) is 13.7. The number of carbonyl (C=O) groups is 4. The molecule has 5 bridgehead atoms. The number of carbonyl (C=O) groups excluding carboxylic acids is 4. The van der Waals surface area contributed by atoms with Crippen LogP contribution in [0.1, 0.15) is 77.9 Å². The topological polar surface area (TPSA) is 125 Å². The van der Waals surface area contributed by atoms with E-state index in [1.807, 2.05) is 56.3 Å². The molecule has 5 rings (SSSR count). The van der Waals surface area contributed by atoms with Gasteiger partial charge in [-0.3, -0.25) is 19.2 Å². The SMILES string of the molecule is CCCCCN1C/C=C\CCC(=O)N[C@H](C)[C@@H](c2ccccc2)OC(=O)[C@@H]2[C@H]3O[C@@]4(C=C3Br)[C@H](C1=O)N([C@@H](CO)CC(C)C)C(=O)[C@@H]24. The Morgan fingerprint density at radius 2 is 1.81 bits per heavy atom.